The molecule has 0 bridgehead atoms. The van der Waals surface area contributed by atoms with Gasteiger partial charge in [-0.3, -0.25) is 14.5 Å². The maximum atomic E-state index is 11.7. The Hall–Kier alpha value is -2.36. The van der Waals surface area contributed by atoms with Crippen molar-refractivity contribution in [2.75, 3.05) is 6.54 Å². The number of amides is 2. The Bertz CT molecular complexity index is 629. The highest BCUT2D eigenvalue weighted by atomic mass is 16.3. The van der Waals surface area contributed by atoms with Crippen LogP contribution in [0.15, 0.2) is 46.9 Å². The lowest BCUT2D eigenvalue weighted by atomic mass is 10.1. The van der Waals surface area contributed by atoms with E-state index in [2.05, 4.69) is 0 Å². The van der Waals surface area contributed by atoms with Gasteiger partial charge in [-0.05, 0) is 18.6 Å². The molecule has 4 nitrogen and oxygen atoms in total. The highest BCUT2D eigenvalue weighted by Gasteiger charge is 2.25. The van der Waals surface area contributed by atoms with Crippen molar-refractivity contribution >= 4 is 11.8 Å². The molecular formula is C17H17NO3. The van der Waals surface area contributed by atoms with E-state index < -0.39 is 0 Å². The van der Waals surface area contributed by atoms with E-state index in [1.807, 2.05) is 42.5 Å². The van der Waals surface area contributed by atoms with Crippen LogP contribution in [-0.4, -0.2) is 23.3 Å². The minimum absolute atomic E-state index is 0.0684. The van der Waals surface area contributed by atoms with Gasteiger partial charge in [0.15, 0.2) is 0 Å². The van der Waals surface area contributed by atoms with Gasteiger partial charge < -0.3 is 4.42 Å². The number of hydrogen-bond donors (Lipinski definition) is 0. The number of carbonyl (C=O) groups excluding carboxylic acids is 2. The highest BCUT2D eigenvalue weighted by Crippen LogP contribution is 2.22. The minimum atomic E-state index is -0.0684. The Kier molecular flexibility index (Phi) is 3.86. The standard InChI is InChI=1S/C17H17NO3/c19-16-7-4-8-17(20)18(16)12-11-14-9-10-15(21-14)13-5-2-1-3-6-13/h1-3,5-6,9-10H,4,7-8,11-12H2. The molecule has 0 aliphatic carbocycles. The van der Waals surface area contributed by atoms with E-state index in [0.717, 1.165) is 17.1 Å². The first kappa shape index (κ1) is 13.6. The van der Waals surface area contributed by atoms with Crippen LogP contribution in [0.3, 0.4) is 0 Å². The van der Waals surface area contributed by atoms with Crippen LogP contribution in [0.4, 0.5) is 0 Å². The van der Waals surface area contributed by atoms with E-state index in [4.69, 9.17) is 4.42 Å². The van der Waals surface area contributed by atoms with Gasteiger partial charge in [-0.2, -0.15) is 0 Å². The van der Waals surface area contributed by atoms with E-state index >= 15 is 0 Å². The quantitative estimate of drug-likeness (QED) is 0.810. The predicted molar refractivity (Wildman–Crippen MR) is 78.4 cm³/mol. The summed E-state index contributed by atoms with van der Waals surface area (Å²) in [6.07, 6.45) is 2.18. The largest absolute Gasteiger partial charge is 0.461 e. The van der Waals surface area contributed by atoms with Crippen molar-refractivity contribution in [1.82, 2.24) is 4.90 Å². The molecule has 1 fully saturated rings. The van der Waals surface area contributed by atoms with E-state index in [1.165, 1.54) is 4.90 Å². The van der Waals surface area contributed by atoms with Crippen LogP contribution in [0, 0.1) is 0 Å². The van der Waals surface area contributed by atoms with Gasteiger partial charge in [0.25, 0.3) is 0 Å². The van der Waals surface area contributed by atoms with Crippen LogP contribution in [0.1, 0.15) is 25.0 Å². The zero-order valence-electron chi connectivity index (χ0n) is 11.7. The van der Waals surface area contributed by atoms with Gasteiger partial charge in [0.05, 0.1) is 0 Å². The Balaban J connectivity index is 1.65. The molecule has 4 heteroatoms. The molecule has 0 spiro atoms. The predicted octanol–water partition coefficient (Wildman–Crippen LogP) is 3.03. The molecule has 2 heterocycles. The van der Waals surface area contributed by atoms with Crippen molar-refractivity contribution in [3.05, 3.63) is 48.2 Å². The van der Waals surface area contributed by atoms with Crippen LogP contribution in [0.5, 0.6) is 0 Å². The second-order valence-electron chi connectivity index (χ2n) is 5.17. The zero-order valence-corrected chi connectivity index (χ0v) is 11.7. The Morgan fingerprint density at radius 3 is 2.38 bits per heavy atom. The second-order valence-corrected chi connectivity index (χ2v) is 5.17. The summed E-state index contributed by atoms with van der Waals surface area (Å²) < 4.78 is 5.78. The summed E-state index contributed by atoms with van der Waals surface area (Å²) in [5.41, 5.74) is 1.02. The number of rotatable bonds is 4. The summed E-state index contributed by atoms with van der Waals surface area (Å²) in [5, 5.41) is 0. The van der Waals surface area contributed by atoms with Gasteiger partial charge in [-0.25, -0.2) is 0 Å². The fourth-order valence-corrected chi connectivity index (χ4v) is 2.54. The van der Waals surface area contributed by atoms with Crippen LogP contribution >= 0.6 is 0 Å². The molecule has 0 saturated carbocycles. The van der Waals surface area contributed by atoms with Crippen molar-refractivity contribution in [3.63, 3.8) is 0 Å². The van der Waals surface area contributed by atoms with E-state index in [0.29, 0.717) is 32.2 Å². The third-order valence-corrected chi connectivity index (χ3v) is 3.69. The summed E-state index contributed by atoms with van der Waals surface area (Å²) in [6.45, 7) is 0.402. The fourth-order valence-electron chi connectivity index (χ4n) is 2.54. The lowest BCUT2D eigenvalue weighted by Crippen LogP contribution is -2.41. The normalized spacial score (nSPS) is 15.5. The summed E-state index contributed by atoms with van der Waals surface area (Å²) in [5.74, 6) is 1.46. The molecule has 1 aliphatic rings. The number of nitrogens with zero attached hydrogens (tertiary/aromatic N) is 1. The van der Waals surface area contributed by atoms with E-state index in [9.17, 15) is 9.59 Å². The SMILES string of the molecule is O=C1CCCC(=O)N1CCc1ccc(-c2ccccc2)o1. The molecule has 0 radical (unpaired) electrons. The van der Waals surface area contributed by atoms with Crippen LogP contribution < -0.4 is 0 Å². The van der Waals surface area contributed by atoms with Crippen LogP contribution in [-0.2, 0) is 16.0 Å². The molecule has 0 unspecified atom stereocenters. The molecular weight excluding hydrogens is 266 g/mol. The molecule has 21 heavy (non-hydrogen) atoms. The lowest BCUT2D eigenvalue weighted by Gasteiger charge is -2.24. The Morgan fingerprint density at radius 1 is 0.952 bits per heavy atom. The van der Waals surface area contributed by atoms with Gasteiger partial charge in [0, 0.05) is 31.4 Å². The summed E-state index contributed by atoms with van der Waals surface area (Å²) in [4.78, 5) is 24.8. The van der Waals surface area contributed by atoms with Gasteiger partial charge in [-0.15, -0.1) is 0 Å². The van der Waals surface area contributed by atoms with Gasteiger partial charge >= 0.3 is 0 Å². The third kappa shape index (κ3) is 3.05. The lowest BCUT2D eigenvalue weighted by molar-refractivity contribution is -0.147. The molecule has 108 valence electrons. The number of hydrogen-bond acceptors (Lipinski definition) is 3. The highest BCUT2D eigenvalue weighted by molar-refractivity contribution is 5.97. The molecule has 0 N–H and O–H groups in total. The van der Waals surface area contributed by atoms with Gasteiger partial charge in [0.2, 0.25) is 11.8 Å². The third-order valence-electron chi connectivity index (χ3n) is 3.69. The number of benzene rings is 1. The molecule has 1 aromatic heterocycles. The maximum absolute atomic E-state index is 11.7. The molecule has 1 aromatic carbocycles. The fraction of sp³-hybridized carbons (Fsp3) is 0.294. The Morgan fingerprint density at radius 2 is 1.67 bits per heavy atom. The summed E-state index contributed by atoms with van der Waals surface area (Å²) in [6, 6.07) is 13.7. The van der Waals surface area contributed by atoms with Crippen molar-refractivity contribution in [2.24, 2.45) is 0 Å². The van der Waals surface area contributed by atoms with Crippen molar-refractivity contribution in [3.8, 4) is 11.3 Å². The van der Waals surface area contributed by atoms with E-state index in [-0.39, 0.29) is 11.8 Å². The number of carbonyl (C=O) groups is 2. The van der Waals surface area contributed by atoms with Gasteiger partial charge in [0.1, 0.15) is 11.5 Å². The van der Waals surface area contributed by atoms with Crippen LogP contribution in [0.2, 0.25) is 0 Å². The first-order chi connectivity index (χ1) is 10.2. The Labute approximate surface area is 123 Å². The second kappa shape index (κ2) is 5.95. The molecule has 1 saturated heterocycles. The van der Waals surface area contributed by atoms with E-state index in [1.54, 1.807) is 0 Å². The molecule has 2 amide bonds. The number of furan rings is 1. The first-order valence-corrected chi connectivity index (χ1v) is 7.21. The zero-order chi connectivity index (χ0) is 14.7. The summed E-state index contributed by atoms with van der Waals surface area (Å²) >= 11 is 0. The number of likely N-dealkylation sites (tertiary alicyclic amines) is 1. The minimum Gasteiger partial charge on any atom is -0.461 e. The van der Waals surface area contributed by atoms with Crippen molar-refractivity contribution in [1.29, 1.82) is 0 Å². The number of piperidine rings is 1. The topological polar surface area (TPSA) is 50.5 Å². The molecule has 1 aliphatic heterocycles. The summed E-state index contributed by atoms with van der Waals surface area (Å²) in [7, 11) is 0. The van der Waals surface area contributed by atoms with Crippen molar-refractivity contribution < 1.29 is 14.0 Å². The van der Waals surface area contributed by atoms with Crippen LogP contribution in [0.25, 0.3) is 11.3 Å². The molecule has 2 aromatic rings. The van der Waals surface area contributed by atoms with Crippen molar-refractivity contribution in [2.45, 2.75) is 25.7 Å². The smallest absolute Gasteiger partial charge is 0.229 e. The molecule has 0 atom stereocenters. The average molecular weight is 283 g/mol. The maximum Gasteiger partial charge on any atom is 0.229 e. The first-order valence-electron chi connectivity index (χ1n) is 7.21. The van der Waals surface area contributed by atoms with Gasteiger partial charge in [-0.1, -0.05) is 30.3 Å². The molecule has 3 rings (SSSR count). The number of imide groups is 1. The average Bonchev–Trinajstić information content (AvgIpc) is 2.97. The monoisotopic (exact) mass is 283 g/mol.